The first kappa shape index (κ1) is 12.1. The Hall–Kier alpha value is -0.980. The number of carbonyl (C=O) groups is 2. The molecule has 0 amide bonds. The highest BCUT2D eigenvalue weighted by Gasteiger charge is 2.20. The predicted octanol–water partition coefficient (Wildman–Crippen LogP) is 1.74. The van der Waals surface area contributed by atoms with E-state index < -0.39 is 11.8 Å². The maximum atomic E-state index is 11.5. The molecule has 0 aliphatic carbocycles. The van der Waals surface area contributed by atoms with Crippen LogP contribution in [-0.4, -0.2) is 23.3 Å². The SMILES string of the molecule is CCOC(=O)C(=O)c1ccc(C)nc1I. The first-order valence-corrected chi connectivity index (χ1v) is 5.48. The fraction of sp³-hybridized carbons (Fsp3) is 0.300. The van der Waals surface area contributed by atoms with Crippen LogP contribution in [0.25, 0.3) is 0 Å². The molecule has 0 aromatic carbocycles. The van der Waals surface area contributed by atoms with Crippen molar-refractivity contribution in [1.82, 2.24) is 4.98 Å². The lowest BCUT2D eigenvalue weighted by Crippen LogP contribution is -2.19. The fourth-order valence-electron chi connectivity index (χ4n) is 1.00. The van der Waals surface area contributed by atoms with Gasteiger partial charge >= 0.3 is 5.97 Å². The van der Waals surface area contributed by atoms with Gasteiger partial charge in [-0.15, -0.1) is 0 Å². The van der Waals surface area contributed by atoms with E-state index in [0.29, 0.717) is 9.26 Å². The zero-order valence-electron chi connectivity index (χ0n) is 8.41. The molecule has 4 nitrogen and oxygen atoms in total. The van der Waals surface area contributed by atoms with Crippen molar-refractivity contribution < 1.29 is 14.3 Å². The van der Waals surface area contributed by atoms with Crippen LogP contribution in [0.2, 0.25) is 0 Å². The largest absolute Gasteiger partial charge is 0.460 e. The zero-order chi connectivity index (χ0) is 11.4. The Balaban J connectivity index is 2.96. The van der Waals surface area contributed by atoms with E-state index >= 15 is 0 Å². The first-order chi connectivity index (χ1) is 7.06. The quantitative estimate of drug-likeness (QED) is 0.280. The van der Waals surface area contributed by atoms with E-state index in [0.717, 1.165) is 5.69 Å². The highest BCUT2D eigenvalue weighted by atomic mass is 127. The molecule has 0 fully saturated rings. The van der Waals surface area contributed by atoms with Crippen LogP contribution in [0.4, 0.5) is 0 Å². The third-order valence-electron chi connectivity index (χ3n) is 1.69. The lowest BCUT2D eigenvalue weighted by Gasteiger charge is -2.03. The Bertz CT molecular complexity index is 404. The minimum atomic E-state index is -0.832. The molecule has 1 aromatic rings. The fourth-order valence-corrected chi connectivity index (χ4v) is 1.81. The summed E-state index contributed by atoms with van der Waals surface area (Å²) in [5.41, 5.74) is 1.10. The van der Waals surface area contributed by atoms with Gasteiger partial charge in [0.1, 0.15) is 3.70 Å². The number of halogens is 1. The van der Waals surface area contributed by atoms with E-state index in [9.17, 15) is 9.59 Å². The Kier molecular flexibility index (Phi) is 4.19. The summed E-state index contributed by atoms with van der Waals surface area (Å²) in [6, 6.07) is 3.28. The van der Waals surface area contributed by atoms with E-state index in [2.05, 4.69) is 9.72 Å². The molecule has 0 aliphatic rings. The standard InChI is InChI=1S/C10H10INO3/c1-3-15-10(14)8(13)7-5-4-6(2)12-9(7)11/h4-5H,3H2,1-2H3. The third kappa shape index (κ3) is 2.98. The number of ether oxygens (including phenoxy) is 1. The van der Waals surface area contributed by atoms with Gasteiger partial charge in [-0.05, 0) is 48.6 Å². The van der Waals surface area contributed by atoms with Crippen LogP contribution in [-0.2, 0) is 9.53 Å². The summed E-state index contributed by atoms with van der Waals surface area (Å²) < 4.78 is 5.14. The van der Waals surface area contributed by atoms with Gasteiger partial charge in [0.2, 0.25) is 0 Å². The van der Waals surface area contributed by atoms with Crippen molar-refractivity contribution in [3.63, 3.8) is 0 Å². The molecule has 0 spiro atoms. The number of rotatable bonds is 3. The minimum Gasteiger partial charge on any atom is -0.460 e. The number of pyridine rings is 1. The molecule has 5 heteroatoms. The summed E-state index contributed by atoms with van der Waals surface area (Å²) >= 11 is 1.92. The van der Waals surface area contributed by atoms with Crippen LogP contribution < -0.4 is 0 Å². The van der Waals surface area contributed by atoms with Gasteiger partial charge in [-0.3, -0.25) is 4.79 Å². The second kappa shape index (κ2) is 5.20. The molecule has 15 heavy (non-hydrogen) atoms. The first-order valence-electron chi connectivity index (χ1n) is 4.41. The van der Waals surface area contributed by atoms with E-state index in [1.807, 2.05) is 29.5 Å². The number of aryl methyl sites for hydroxylation is 1. The minimum absolute atomic E-state index is 0.195. The highest BCUT2D eigenvalue weighted by molar-refractivity contribution is 14.1. The summed E-state index contributed by atoms with van der Waals surface area (Å²) in [4.78, 5) is 26.8. The van der Waals surface area contributed by atoms with E-state index in [1.165, 1.54) is 0 Å². The number of esters is 1. The van der Waals surface area contributed by atoms with Crippen molar-refractivity contribution in [3.8, 4) is 0 Å². The number of hydrogen-bond acceptors (Lipinski definition) is 4. The van der Waals surface area contributed by atoms with E-state index in [1.54, 1.807) is 19.1 Å². The molecular weight excluding hydrogens is 309 g/mol. The lowest BCUT2D eigenvalue weighted by molar-refractivity contribution is -0.137. The van der Waals surface area contributed by atoms with Gasteiger partial charge in [0.15, 0.2) is 0 Å². The molecule has 1 rings (SSSR count). The second-order valence-electron chi connectivity index (χ2n) is 2.84. The van der Waals surface area contributed by atoms with Crippen molar-refractivity contribution in [2.45, 2.75) is 13.8 Å². The number of nitrogens with zero attached hydrogens (tertiary/aromatic N) is 1. The van der Waals surface area contributed by atoms with Gasteiger partial charge in [-0.2, -0.15) is 0 Å². The molecule has 0 radical (unpaired) electrons. The van der Waals surface area contributed by atoms with Crippen LogP contribution in [0.1, 0.15) is 23.0 Å². The number of carbonyl (C=O) groups excluding carboxylic acids is 2. The maximum absolute atomic E-state index is 11.5. The normalized spacial score (nSPS) is 9.80. The Morgan fingerprint density at radius 3 is 2.67 bits per heavy atom. The van der Waals surface area contributed by atoms with Crippen molar-refractivity contribution in [3.05, 3.63) is 27.1 Å². The second-order valence-corrected chi connectivity index (χ2v) is 3.86. The molecule has 0 bridgehead atoms. The summed E-state index contributed by atoms with van der Waals surface area (Å²) in [7, 11) is 0. The van der Waals surface area contributed by atoms with Gasteiger partial charge in [-0.25, -0.2) is 9.78 Å². The van der Waals surface area contributed by atoms with Crippen LogP contribution >= 0.6 is 22.6 Å². The van der Waals surface area contributed by atoms with Crippen molar-refractivity contribution in [2.75, 3.05) is 6.61 Å². The van der Waals surface area contributed by atoms with Crippen LogP contribution in [0, 0.1) is 10.6 Å². The summed E-state index contributed by atoms with van der Waals surface area (Å²) in [5.74, 6) is -1.48. The van der Waals surface area contributed by atoms with Crippen molar-refractivity contribution >= 4 is 34.3 Å². The maximum Gasteiger partial charge on any atom is 0.379 e. The van der Waals surface area contributed by atoms with Gasteiger partial charge in [0.05, 0.1) is 12.2 Å². The summed E-state index contributed by atoms with van der Waals surface area (Å²) in [6.45, 7) is 3.67. The molecule has 80 valence electrons. The molecule has 1 heterocycles. The van der Waals surface area contributed by atoms with Crippen LogP contribution in [0.5, 0.6) is 0 Å². The molecule has 0 N–H and O–H groups in total. The number of Topliss-reactive ketones (excluding diaryl/α,β-unsaturated/α-hetero) is 1. The van der Waals surface area contributed by atoms with Crippen molar-refractivity contribution in [1.29, 1.82) is 0 Å². The van der Waals surface area contributed by atoms with Gasteiger partial charge < -0.3 is 4.74 Å². The zero-order valence-corrected chi connectivity index (χ0v) is 10.6. The molecule has 0 atom stereocenters. The van der Waals surface area contributed by atoms with E-state index in [-0.39, 0.29) is 6.61 Å². The smallest absolute Gasteiger partial charge is 0.379 e. The van der Waals surface area contributed by atoms with Crippen LogP contribution in [0.3, 0.4) is 0 Å². The summed E-state index contributed by atoms with van der Waals surface area (Å²) in [5, 5.41) is 0. The van der Waals surface area contributed by atoms with Gasteiger partial charge in [-0.1, -0.05) is 0 Å². The summed E-state index contributed by atoms with van der Waals surface area (Å²) in [6.07, 6.45) is 0. The molecule has 0 saturated heterocycles. The monoisotopic (exact) mass is 319 g/mol. The molecule has 1 aromatic heterocycles. The van der Waals surface area contributed by atoms with Gasteiger partial charge in [0, 0.05) is 5.69 Å². The number of aromatic nitrogens is 1. The number of hydrogen-bond donors (Lipinski definition) is 0. The average Bonchev–Trinajstić information content (AvgIpc) is 2.17. The highest BCUT2D eigenvalue weighted by Crippen LogP contribution is 2.11. The third-order valence-corrected chi connectivity index (χ3v) is 2.52. The van der Waals surface area contributed by atoms with Crippen molar-refractivity contribution in [2.24, 2.45) is 0 Å². The van der Waals surface area contributed by atoms with Gasteiger partial charge in [0.25, 0.3) is 5.78 Å². The number of ketones is 1. The molecular formula is C10H10INO3. The molecule has 0 unspecified atom stereocenters. The Morgan fingerprint density at radius 2 is 2.13 bits per heavy atom. The molecule has 0 saturated carbocycles. The topological polar surface area (TPSA) is 56.3 Å². The Labute approximate surface area is 101 Å². The molecule has 0 aliphatic heterocycles. The lowest BCUT2D eigenvalue weighted by atomic mass is 10.2. The predicted molar refractivity (Wildman–Crippen MR) is 62.7 cm³/mol. The average molecular weight is 319 g/mol. The van der Waals surface area contributed by atoms with E-state index in [4.69, 9.17) is 0 Å². The van der Waals surface area contributed by atoms with Crippen LogP contribution in [0.15, 0.2) is 12.1 Å². The Morgan fingerprint density at radius 1 is 1.47 bits per heavy atom.